The average Bonchev–Trinajstić information content (AvgIpc) is 3.03. The highest BCUT2D eigenvalue weighted by Gasteiger charge is 2.41. The number of carbonyl (C=O) groups excluding carboxylic acids is 4. The third-order valence-electron chi connectivity index (χ3n) is 4.89. The van der Waals surface area contributed by atoms with Gasteiger partial charge in [-0.25, -0.2) is 0 Å². The molecule has 3 aromatic carbocycles. The molecule has 32 heavy (non-hydrogen) atoms. The monoisotopic (exact) mass is 433 g/mol. The molecule has 1 N–H and O–H groups in total. The first-order valence-corrected chi connectivity index (χ1v) is 9.43. The Morgan fingerprint density at radius 3 is 2.47 bits per heavy atom. The number of ether oxygens (including phenoxy) is 1. The predicted octanol–water partition coefficient (Wildman–Crippen LogP) is 2.53. The molecule has 1 heterocycles. The lowest BCUT2D eigenvalue weighted by Crippen LogP contribution is -2.36. The van der Waals surface area contributed by atoms with Gasteiger partial charge in [-0.05, 0) is 17.5 Å². The topological polar surface area (TPSA) is 136 Å². The van der Waals surface area contributed by atoms with Gasteiger partial charge in [0.1, 0.15) is 12.1 Å². The number of hydrogen-bond donors (Lipinski definition) is 1. The van der Waals surface area contributed by atoms with Crippen molar-refractivity contribution in [2.75, 3.05) is 18.5 Å². The number of rotatable bonds is 6. The molecule has 3 amide bonds. The Balaban J connectivity index is 1.38. The number of imide groups is 1. The zero-order valence-electron chi connectivity index (χ0n) is 16.4. The van der Waals surface area contributed by atoms with Gasteiger partial charge in [-0.15, -0.1) is 0 Å². The number of carbonyl (C=O) groups is 4. The standard InChI is InChI=1S/C22H15N3O7/c26-18(23-16-9-3-6-13-5-1-2-7-14(13)16)12-32-19(27)11-24-21(28)15-8-4-10-17(25(30)31)20(15)22(24)29/h1-10H,11-12H2,(H,23,26). The van der Waals surface area contributed by atoms with Crippen molar-refractivity contribution in [3.63, 3.8) is 0 Å². The van der Waals surface area contributed by atoms with Crippen molar-refractivity contribution < 1.29 is 28.8 Å². The summed E-state index contributed by atoms with van der Waals surface area (Å²) in [5, 5.41) is 15.5. The fourth-order valence-electron chi connectivity index (χ4n) is 3.45. The average molecular weight is 433 g/mol. The van der Waals surface area contributed by atoms with Crippen LogP contribution in [-0.2, 0) is 14.3 Å². The summed E-state index contributed by atoms with van der Waals surface area (Å²) in [7, 11) is 0. The molecule has 0 bridgehead atoms. The fraction of sp³-hybridized carbons (Fsp3) is 0.0909. The summed E-state index contributed by atoms with van der Waals surface area (Å²) in [5.41, 5.74) is -0.516. The lowest BCUT2D eigenvalue weighted by Gasteiger charge is -2.13. The summed E-state index contributed by atoms with van der Waals surface area (Å²) in [5.74, 6) is -3.41. The number of nitro benzene ring substituents is 1. The molecule has 4 rings (SSSR count). The molecule has 10 heteroatoms. The number of hydrogen-bond acceptors (Lipinski definition) is 7. The Morgan fingerprint density at radius 2 is 1.69 bits per heavy atom. The van der Waals surface area contributed by atoms with Gasteiger partial charge in [-0.3, -0.25) is 34.2 Å². The summed E-state index contributed by atoms with van der Waals surface area (Å²) >= 11 is 0. The highest BCUT2D eigenvalue weighted by Crippen LogP contribution is 2.30. The van der Waals surface area contributed by atoms with Crippen LogP contribution < -0.4 is 5.32 Å². The molecule has 0 spiro atoms. The molecular formula is C22H15N3O7. The zero-order valence-corrected chi connectivity index (χ0v) is 16.4. The van der Waals surface area contributed by atoms with Gasteiger partial charge in [0.05, 0.1) is 10.5 Å². The fourth-order valence-corrected chi connectivity index (χ4v) is 3.45. The molecule has 0 aliphatic carbocycles. The molecule has 0 radical (unpaired) electrons. The van der Waals surface area contributed by atoms with E-state index in [1.807, 2.05) is 30.3 Å². The van der Waals surface area contributed by atoms with Gasteiger partial charge in [-0.2, -0.15) is 0 Å². The number of nitrogens with one attached hydrogen (secondary N) is 1. The van der Waals surface area contributed by atoms with E-state index >= 15 is 0 Å². The molecule has 10 nitrogen and oxygen atoms in total. The van der Waals surface area contributed by atoms with Crippen molar-refractivity contribution in [3.8, 4) is 0 Å². The van der Waals surface area contributed by atoms with E-state index in [4.69, 9.17) is 4.74 Å². The number of nitrogens with zero attached hydrogens (tertiary/aromatic N) is 2. The maximum atomic E-state index is 12.5. The first-order chi connectivity index (χ1) is 15.4. The Morgan fingerprint density at radius 1 is 0.969 bits per heavy atom. The summed E-state index contributed by atoms with van der Waals surface area (Å²) < 4.78 is 4.89. The Bertz CT molecular complexity index is 1300. The van der Waals surface area contributed by atoms with Gasteiger partial charge in [0.2, 0.25) is 0 Å². The van der Waals surface area contributed by atoms with E-state index in [0.717, 1.165) is 16.8 Å². The van der Waals surface area contributed by atoms with E-state index in [1.165, 1.54) is 12.1 Å². The third kappa shape index (κ3) is 3.76. The van der Waals surface area contributed by atoms with Crippen molar-refractivity contribution in [2.24, 2.45) is 0 Å². The normalized spacial score (nSPS) is 12.6. The smallest absolute Gasteiger partial charge is 0.326 e. The van der Waals surface area contributed by atoms with Crippen LogP contribution in [0, 0.1) is 10.1 Å². The first kappa shape index (κ1) is 20.7. The summed E-state index contributed by atoms with van der Waals surface area (Å²) in [4.78, 5) is 60.2. The largest absolute Gasteiger partial charge is 0.454 e. The predicted molar refractivity (Wildman–Crippen MR) is 112 cm³/mol. The SMILES string of the molecule is O=C(COC(=O)CN1C(=O)c2cccc([N+](=O)[O-])c2C1=O)Nc1cccc2ccccc12. The minimum absolute atomic E-state index is 0.161. The maximum absolute atomic E-state index is 12.5. The third-order valence-corrected chi connectivity index (χ3v) is 4.89. The highest BCUT2D eigenvalue weighted by atomic mass is 16.6. The van der Waals surface area contributed by atoms with E-state index in [9.17, 15) is 29.3 Å². The molecule has 0 saturated carbocycles. The van der Waals surface area contributed by atoms with Crippen LogP contribution >= 0.6 is 0 Å². The van der Waals surface area contributed by atoms with Gasteiger partial charge < -0.3 is 10.1 Å². The summed E-state index contributed by atoms with van der Waals surface area (Å²) in [6, 6.07) is 16.4. The van der Waals surface area contributed by atoms with Crippen molar-refractivity contribution in [1.29, 1.82) is 0 Å². The van der Waals surface area contributed by atoms with Crippen molar-refractivity contribution in [1.82, 2.24) is 4.90 Å². The number of anilines is 1. The van der Waals surface area contributed by atoms with Crippen LogP contribution in [-0.4, -0.2) is 46.7 Å². The molecule has 0 aromatic heterocycles. The van der Waals surface area contributed by atoms with Gasteiger partial charge in [0.15, 0.2) is 6.61 Å². The molecule has 0 atom stereocenters. The quantitative estimate of drug-likeness (QED) is 0.273. The second kappa shape index (κ2) is 8.26. The number of nitro groups is 1. The summed E-state index contributed by atoms with van der Waals surface area (Å²) in [6.07, 6.45) is 0. The maximum Gasteiger partial charge on any atom is 0.326 e. The summed E-state index contributed by atoms with van der Waals surface area (Å²) in [6.45, 7) is -1.41. The molecule has 0 unspecified atom stereocenters. The Labute approximate surface area is 180 Å². The molecule has 0 fully saturated rings. The number of esters is 1. The second-order valence-electron chi connectivity index (χ2n) is 6.89. The van der Waals surface area contributed by atoms with E-state index in [1.54, 1.807) is 12.1 Å². The first-order valence-electron chi connectivity index (χ1n) is 9.43. The minimum Gasteiger partial charge on any atom is -0.454 e. The lowest BCUT2D eigenvalue weighted by atomic mass is 10.1. The molecule has 0 saturated heterocycles. The minimum atomic E-state index is -1.00. The Hall–Kier alpha value is -4.60. The molecule has 1 aliphatic heterocycles. The van der Waals surface area contributed by atoms with Gasteiger partial charge in [0.25, 0.3) is 23.4 Å². The molecule has 1 aliphatic rings. The van der Waals surface area contributed by atoms with Gasteiger partial charge >= 0.3 is 5.97 Å². The highest BCUT2D eigenvalue weighted by molar-refractivity contribution is 6.24. The molecule has 3 aromatic rings. The van der Waals surface area contributed by atoms with Crippen LogP contribution in [0.4, 0.5) is 11.4 Å². The van der Waals surface area contributed by atoms with E-state index < -0.39 is 47.5 Å². The second-order valence-corrected chi connectivity index (χ2v) is 6.89. The number of amides is 3. The van der Waals surface area contributed by atoms with Crippen molar-refractivity contribution in [3.05, 3.63) is 81.9 Å². The lowest BCUT2D eigenvalue weighted by molar-refractivity contribution is -0.385. The number of benzene rings is 3. The van der Waals surface area contributed by atoms with E-state index in [0.29, 0.717) is 10.6 Å². The molecule has 160 valence electrons. The molecular weight excluding hydrogens is 418 g/mol. The zero-order chi connectivity index (χ0) is 22.8. The van der Waals surface area contributed by atoms with Crippen LogP contribution in [0.5, 0.6) is 0 Å². The van der Waals surface area contributed by atoms with Crippen LogP contribution in [0.25, 0.3) is 10.8 Å². The van der Waals surface area contributed by atoms with Crippen LogP contribution in [0.2, 0.25) is 0 Å². The van der Waals surface area contributed by atoms with E-state index in [2.05, 4.69) is 5.32 Å². The van der Waals surface area contributed by atoms with Crippen molar-refractivity contribution in [2.45, 2.75) is 0 Å². The van der Waals surface area contributed by atoms with Crippen molar-refractivity contribution >= 4 is 45.8 Å². The number of fused-ring (bicyclic) bond motifs is 2. The Kier molecular flexibility index (Phi) is 5.34. The van der Waals surface area contributed by atoms with Crippen LogP contribution in [0.15, 0.2) is 60.7 Å². The van der Waals surface area contributed by atoms with Crippen LogP contribution in [0.1, 0.15) is 20.7 Å². The van der Waals surface area contributed by atoms with Gasteiger partial charge in [0, 0.05) is 17.1 Å². The van der Waals surface area contributed by atoms with Crippen LogP contribution in [0.3, 0.4) is 0 Å². The van der Waals surface area contributed by atoms with Gasteiger partial charge in [-0.1, -0.05) is 42.5 Å². The van der Waals surface area contributed by atoms with E-state index in [-0.39, 0.29) is 11.1 Å².